The molecule has 5 heteroatoms. The molecule has 0 spiro atoms. The molecule has 0 unspecified atom stereocenters. The van der Waals surface area contributed by atoms with Gasteiger partial charge < -0.3 is 15.1 Å². The van der Waals surface area contributed by atoms with E-state index in [0.29, 0.717) is 18.5 Å². The summed E-state index contributed by atoms with van der Waals surface area (Å²) in [4.78, 5) is 27.8. The average molecular weight is 303 g/mol. The number of anilines is 1. The van der Waals surface area contributed by atoms with Gasteiger partial charge in [-0.1, -0.05) is 13.8 Å². The third kappa shape index (κ3) is 4.07. The summed E-state index contributed by atoms with van der Waals surface area (Å²) >= 11 is 0. The first-order chi connectivity index (χ1) is 10.7. The monoisotopic (exact) mass is 303 g/mol. The van der Waals surface area contributed by atoms with Gasteiger partial charge in [-0.05, 0) is 43.8 Å². The van der Waals surface area contributed by atoms with Gasteiger partial charge in [0.15, 0.2) is 0 Å². The minimum absolute atomic E-state index is 0.0635. The first kappa shape index (κ1) is 16.5. The maximum atomic E-state index is 12.1. The second-order valence-electron chi connectivity index (χ2n) is 5.48. The van der Waals surface area contributed by atoms with Crippen LogP contribution < -0.4 is 10.2 Å². The highest BCUT2D eigenvalue weighted by molar-refractivity contribution is 5.97. The first-order valence-corrected chi connectivity index (χ1v) is 8.06. The number of amides is 2. The minimum atomic E-state index is -0.0635. The smallest absolute Gasteiger partial charge is 0.251 e. The molecule has 0 radical (unpaired) electrons. The Morgan fingerprint density at radius 2 is 1.91 bits per heavy atom. The number of hydrogen-bond donors (Lipinski definition) is 1. The van der Waals surface area contributed by atoms with Crippen LogP contribution in [0, 0.1) is 0 Å². The molecule has 1 heterocycles. The summed E-state index contributed by atoms with van der Waals surface area (Å²) in [6, 6.07) is 7.27. The Labute approximate surface area is 132 Å². The Kier molecular flexibility index (Phi) is 5.95. The first-order valence-electron chi connectivity index (χ1n) is 8.06. The van der Waals surface area contributed by atoms with Gasteiger partial charge in [0.2, 0.25) is 5.91 Å². The summed E-state index contributed by atoms with van der Waals surface area (Å²) in [7, 11) is 0. The van der Waals surface area contributed by atoms with Crippen molar-refractivity contribution in [1.82, 2.24) is 10.2 Å². The van der Waals surface area contributed by atoms with Crippen molar-refractivity contribution in [3.63, 3.8) is 0 Å². The van der Waals surface area contributed by atoms with Gasteiger partial charge in [0, 0.05) is 37.3 Å². The van der Waals surface area contributed by atoms with Gasteiger partial charge in [-0.25, -0.2) is 0 Å². The number of likely N-dealkylation sites (N-methyl/N-ethyl adjacent to an activating group) is 1. The van der Waals surface area contributed by atoms with Crippen LogP contribution in [0.4, 0.5) is 5.69 Å². The molecule has 2 amide bonds. The normalized spacial score (nSPS) is 14.7. The zero-order valence-corrected chi connectivity index (χ0v) is 13.5. The lowest BCUT2D eigenvalue weighted by Gasteiger charge is -2.18. The minimum Gasteiger partial charge on any atom is -0.351 e. The van der Waals surface area contributed by atoms with E-state index in [2.05, 4.69) is 24.1 Å². The lowest BCUT2D eigenvalue weighted by atomic mass is 10.2. The van der Waals surface area contributed by atoms with Crippen molar-refractivity contribution >= 4 is 17.5 Å². The number of hydrogen-bond acceptors (Lipinski definition) is 3. The van der Waals surface area contributed by atoms with Gasteiger partial charge in [0.05, 0.1) is 0 Å². The van der Waals surface area contributed by atoms with Gasteiger partial charge >= 0.3 is 0 Å². The summed E-state index contributed by atoms with van der Waals surface area (Å²) in [5, 5.41) is 2.93. The van der Waals surface area contributed by atoms with Crippen LogP contribution >= 0.6 is 0 Å². The van der Waals surface area contributed by atoms with Gasteiger partial charge in [-0.15, -0.1) is 0 Å². The molecule has 1 aliphatic rings. The van der Waals surface area contributed by atoms with Crippen LogP contribution in [0.25, 0.3) is 0 Å². The van der Waals surface area contributed by atoms with Crippen molar-refractivity contribution in [2.75, 3.05) is 37.6 Å². The lowest BCUT2D eigenvalue weighted by Crippen LogP contribution is -2.34. The molecule has 1 N–H and O–H groups in total. The molecule has 0 aliphatic carbocycles. The second kappa shape index (κ2) is 7.94. The van der Waals surface area contributed by atoms with Crippen LogP contribution in [-0.4, -0.2) is 49.4 Å². The highest BCUT2D eigenvalue weighted by atomic mass is 16.2. The van der Waals surface area contributed by atoms with Crippen LogP contribution in [-0.2, 0) is 4.79 Å². The quantitative estimate of drug-likeness (QED) is 0.837. The fourth-order valence-corrected chi connectivity index (χ4v) is 2.68. The van der Waals surface area contributed by atoms with E-state index in [9.17, 15) is 9.59 Å². The van der Waals surface area contributed by atoms with E-state index in [1.54, 1.807) is 17.0 Å². The van der Waals surface area contributed by atoms with Crippen molar-refractivity contribution in [2.24, 2.45) is 0 Å². The average Bonchev–Trinajstić information content (AvgIpc) is 2.97. The molecule has 1 aromatic rings. The fourth-order valence-electron chi connectivity index (χ4n) is 2.68. The molecule has 1 aliphatic heterocycles. The molecule has 1 aromatic carbocycles. The molecule has 0 saturated carbocycles. The van der Waals surface area contributed by atoms with E-state index in [4.69, 9.17) is 0 Å². The third-order valence-electron chi connectivity index (χ3n) is 4.12. The van der Waals surface area contributed by atoms with Crippen molar-refractivity contribution in [3.05, 3.63) is 29.8 Å². The van der Waals surface area contributed by atoms with Crippen LogP contribution in [0.15, 0.2) is 24.3 Å². The van der Waals surface area contributed by atoms with Crippen LogP contribution in [0.1, 0.15) is 37.0 Å². The van der Waals surface area contributed by atoms with E-state index >= 15 is 0 Å². The third-order valence-corrected chi connectivity index (χ3v) is 4.12. The van der Waals surface area contributed by atoms with Gasteiger partial charge in [0.1, 0.15) is 0 Å². The van der Waals surface area contributed by atoms with E-state index in [1.165, 1.54) is 0 Å². The predicted octanol–water partition coefficient (Wildman–Crippen LogP) is 1.88. The Bertz CT molecular complexity index is 509. The second-order valence-corrected chi connectivity index (χ2v) is 5.48. The number of benzene rings is 1. The number of rotatable bonds is 7. The number of nitrogens with one attached hydrogen (secondary N) is 1. The molecule has 0 bridgehead atoms. The van der Waals surface area contributed by atoms with Gasteiger partial charge in [-0.3, -0.25) is 9.59 Å². The fraction of sp³-hybridized carbons (Fsp3) is 0.529. The summed E-state index contributed by atoms with van der Waals surface area (Å²) in [6.07, 6.45) is 1.53. The Morgan fingerprint density at radius 3 is 2.45 bits per heavy atom. The standard InChI is InChI=1S/C17H25N3O2/c1-3-19(4-2)13-11-18-17(22)14-7-9-15(10-8-14)20-12-5-6-16(20)21/h7-10H,3-6,11-13H2,1-2H3,(H,18,22). The zero-order valence-electron chi connectivity index (χ0n) is 13.5. The van der Waals surface area contributed by atoms with Crippen LogP contribution in [0.5, 0.6) is 0 Å². The van der Waals surface area contributed by atoms with Crippen LogP contribution in [0.2, 0.25) is 0 Å². The highest BCUT2D eigenvalue weighted by Crippen LogP contribution is 2.21. The summed E-state index contributed by atoms with van der Waals surface area (Å²) in [5.74, 6) is 0.0999. The predicted molar refractivity (Wildman–Crippen MR) is 88.2 cm³/mol. The number of nitrogens with zero attached hydrogens (tertiary/aromatic N) is 2. The molecular weight excluding hydrogens is 278 g/mol. The zero-order chi connectivity index (χ0) is 15.9. The van der Waals surface area contributed by atoms with E-state index in [0.717, 1.165) is 38.3 Å². The molecule has 1 fully saturated rings. The molecule has 22 heavy (non-hydrogen) atoms. The molecule has 0 atom stereocenters. The lowest BCUT2D eigenvalue weighted by molar-refractivity contribution is -0.117. The van der Waals surface area contributed by atoms with E-state index in [1.807, 2.05) is 12.1 Å². The Morgan fingerprint density at radius 1 is 1.23 bits per heavy atom. The molecular formula is C17H25N3O2. The van der Waals surface area contributed by atoms with Gasteiger partial charge in [0.25, 0.3) is 5.91 Å². The topological polar surface area (TPSA) is 52.7 Å². The summed E-state index contributed by atoms with van der Waals surface area (Å²) in [6.45, 7) is 8.49. The number of carbonyl (C=O) groups is 2. The van der Waals surface area contributed by atoms with E-state index in [-0.39, 0.29) is 11.8 Å². The molecule has 2 rings (SSSR count). The van der Waals surface area contributed by atoms with Crippen LogP contribution in [0.3, 0.4) is 0 Å². The highest BCUT2D eigenvalue weighted by Gasteiger charge is 2.21. The molecule has 1 saturated heterocycles. The van der Waals surface area contributed by atoms with E-state index < -0.39 is 0 Å². The SMILES string of the molecule is CCN(CC)CCNC(=O)c1ccc(N2CCCC2=O)cc1. The molecule has 0 aromatic heterocycles. The van der Waals surface area contributed by atoms with Crippen molar-refractivity contribution in [3.8, 4) is 0 Å². The number of carbonyl (C=O) groups excluding carboxylic acids is 2. The summed E-state index contributed by atoms with van der Waals surface area (Å²) in [5.41, 5.74) is 1.51. The van der Waals surface area contributed by atoms with Gasteiger partial charge in [-0.2, -0.15) is 0 Å². The Balaban J connectivity index is 1.87. The Hall–Kier alpha value is -1.88. The molecule has 5 nitrogen and oxygen atoms in total. The van der Waals surface area contributed by atoms with Crippen molar-refractivity contribution in [2.45, 2.75) is 26.7 Å². The van der Waals surface area contributed by atoms with Crippen molar-refractivity contribution in [1.29, 1.82) is 0 Å². The summed E-state index contributed by atoms with van der Waals surface area (Å²) < 4.78 is 0. The molecule has 120 valence electrons. The van der Waals surface area contributed by atoms with Crippen molar-refractivity contribution < 1.29 is 9.59 Å². The maximum Gasteiger partial charge on any atom is 0.251 e. The maximum absolute atomic E-state index is 12.1. The largest absolute Gasteiger partial charge is 0.351 e.